The summed E-state index contributed by atoms with van der Waals surface area (Å²) in [4.78, 5) is 31.3. The number of amides is 2. The molecule has 0 saturated carbocycles. The lowest BCUT2D eigenvalue weighted by Gasteiger charge is -2.32. The molecule has 0 bridgehead atoms. The molecule has 6 nitrogen and oxygen atoms in total. The van der Waals surface area contributed by atoms with Gasteiger partial charge in [0.05, 0.1) is 12.0 Å². The van der Waals surface area contributed by atoms with E-state index < -0.39 is 0 Å². The Hall–Kier alpha value is -1.14. The van der Waals surface area contributed by atoms with E-state index in [4.69, 9.17) is 0 Å². The minimum Gasteiger partial charge on any atom is -0.356 e. The second-order valence-corrected chi connectivity index (χ2v) is 7.14. The molecule has 3 aliphatic rings. The molecule has 3 rings (SSSR count). The number of nitrogens with one attached hydrogen (secondary N) is 1. The van der Waals surface area contributed by atoms with E-state index >= 15 is 0 Å². The third kappa shape index (κ3) is 3.27. The van der Waals surface area contributed by atoms with Crippen molar-refractivity contribution in [2.75, 3.05) is 59.4 Å². The van der Waals surface area contributed by atoms with Crippen LogP contribution in [0.3, 0.4) is 0 Å². The van der Waals surface area contributed by atoms with Gasteiger partial charge in [-0.05, 0) is 45.8 Å². The second-order valence-electron chi connectivity index (χ2n) is 7.14. The Bertz CT molecular complexity index is 442. The molecule has 22 heavy (non-hydrogen) atoms. The molecule has 3 heterocycles. The van der Waals surface area contributed by atoms with Crippen molar-refractivity contribution in [2.24, 2.45) is 5.41 Å². The van der Waals surface area contributed by atoms with Gasteiger partial charge in [0, 0.05) is 32.7 Å². The smallest absolute Gasteiger partial charge is 0.236 e. The molecule has 0 aromatic rings. The lowest BCUT2D eigenvalue weighted by Crippen LogP contribution is -2.48. The number of nitrogens with zero attached hydrogens (tertiary/aromatic N) is 3. The van der Waals surface area contributed by atoms with Crippen molar-refractivity contribution in [1.29, 1.82) is 0 Å². The van der Waals surface area contributed by atoms with Gasteiger partial charge < -0.3 is 15.1 Å². The van der Waals surface area contributed by atoms with Crippen LogP contribution in [0.2, 0.25) is 0 Å². The van der Waals surface area contributed by atoms with Crippen molar-refractivity contribution in [3.8, 4) is 0 Å². The first kappa shape index (κ1) is 15.7. The molecule has 2 amide bonds. The van der Waals surface area contributed by atoms with Crippen molar-refractivity contribution >= 4 is 11.8 Å². The molecule has 0 radical (unpaired) electrons. The third-order valence-corrected chi connectivity index (χ3v) is 5.48. The summed E-state index contributed by atoms with van der Waals surface area (Å²) in [6.07, 6.45) is 3.91. The summed E-state index contributed by atoms with van der Waals surface area (Å²) < 4.78 is 0. The molecular weight excluding hydrogens is 280 g/mol. The van der Waals surface area contributed by atoms with Gasteiger partial charge in [0.1, 0.15) is 0 Å². The van der Waals surface area contributed by atoms with Crippen LogP contribution in [-0.4, -0.2) is 85.9 Å². The second kappa shape index (κ2) is 6.54. The van der Waals surface area contributed by atoms with Gasteiger partial charge in [0.15, 0.2) is 0 Å². The quantitative estimate of drug-likeness (QED) is 0.764. The molecule has 6 heteroatoms. The number of hydrogen-bond donors (Lipinski definition) is 1. The van der Waals surface area contributed by atoms with E-state index in [0.29, 0.717) is 13.1 Å². The molecule has 3 aliphatic heterocycles. The van der Waals surface area contributed by atoms with E-state index in [0.717, 1.165) is 65.0 Å². The van der Waals surface area contributed by atoms with Crippen LogP contribution in [0.4, 0.5) is 0 Å². The van der Waals surface area contributed by atoms with Gasteiger partial charge in [-0.25, -0.2) is 0 Å². The van der Waals surface area contributed by atoms with Crippen molar-refractivity contribution in [2.45, 2.75) is 25.7 Å². The summed E-state index contributed by atoms with van der Waals surface area (Å²) >= 11 is 0. The molecule has 3 fully saturated rings. The SMILES string of the molecule is CN1CCCN(CC(=O)N2CC[C@@]3(CCCNC3=O)C2)CC1. The predicted octanol–water partition coefficient (Wildman–Crippen LogP) is -0.247. The van der Waals surface area contributed by atoms with E-state index in [1.165, 1.54) is 0 Å². The molecule has 0 aliphatic carbocycles. The zero-order valence-electron chi connectivity index (χ0n) is 13.6. The summed E-state index contributed by atoms with van der Waals surface area (Å²) in [6.45, 7) is 6.74. The van der Waals surface area contributed by atoms with Crippen LogP contribution in [-0.2, 0) is 9.59 Å². The highest BCUT2D eigenvalue weighted by atomic mass is 16.2. The van der Waals surface area contributed by atoms with Gasteiger partial charge in [-0.3, -0.25) is 14.5 Å². The molecule has 0 aromatic heterocycles. The molecule has 1 N–H and O–H groups in total. The van der Waals surface area contributed by atoms with Crippen LogP contribution in [0.25, 0.3) is 0 Å². The van der Waals surface area contributed by atoms with Crippen molar-refractivity contribution in [1.82, 2.24) is 20.0 Å². The Morgan fingerprint density at radius 1 is 1.14 bits per heavy atom. The fourth-order valence-corrected chi connectivity index (χ4v) is 3.95. The Kier molecular flexibility index (Phi) is 4.68. The van der Waals surface area contributed by atoms with Crippen LogP contribution < -0.4 is 5.32 Å². The van der Waals surface area contributed by atoms with Crippen LogP contribution in [0, 0.1) is 5.41 Å². The van der Waals surface area contributed by atoms with Crippen LogP contribution in [0.1, 0.15) is 25.7 Å². The van der Waals surface area contributed by atoms with E-state index in [9.17, 15) is 9.59 Å². The van der Waals surface area contributed by atoms with Crippen molar-refractivity contribution in [3.05, 3.63) is 0 Å². The van der Waals surface area contributed by atoms with Crippen LogP contribution in [0.15, 0.2) is 0 Å². The number of hydrogen-bond acceptors (Lipinski definition) is 4. The summed E-state index contributed by atoms with van der Waals surface area (Å²) in [5.41, 5.74) is -0.299. The Morgan fingerprint density at radius 2 is 2.00 bits per heavy atom. The zero-order valence-corrected chi connectivity index (χ0v) is 13.6. The number of likely N-dealkylation sites (tertiary alicyclic amines) is 1. The molecule has 1 atom stereocenters. The summed E-state index contributed by atoms with van der Waals surface area (Å²) in [6, 6.07) is 0. The molecular formula is C16H28N4O2. The largest absolute Gasteiger partial charge is 0.356 e. The van der Waals surface area contributed by atoms with Gasteiger partial charge in [0.25, 0.3) is 0 Å². The summed E-state index contributed by atoms with van der Waals surface area (Å²) in [5, 5.41) is 2.98. The highest BCUT2D eigenvalue weighted by molar-refractivity contribution is 5.86. The first-order valence-electron chi connectivity index (χ1n) is 8.56. The average molecular weight is 308 g/mol. The minimum atomic E-state index is -0.299. The Balaban J connectivity index is 1.54. The molecule has 1 spiro atoms. The number of likely N-dealkylation sites (N-methyl/N-ethyl adjacent to an activating group) is 1. The average Bonchev–Trinajstić information content (AvgIpc) is 2.82. The van der Waals surface area contributed by atoms with E-state index in [1.807, 2.05) is 4.90 Å². The molecule has 3 saturated heterocycles. The number of rotatable bonds is 2. The number of piperidine rings is 1. The Morgan fingerprint density at radius 3 is 2.82 bits per heavy atom. The van der Waals surface area contributed by atoms with Crippen LogP contribution >= 0.6 is 0 Å². The van der Waals surface area contributed by atoms with Crippen LogP contribution in [0.5, 0.6) is 0 Å². The normalized spacial score (nSPS) is 31.3. The van der Waals surface area contributed by atoms with Gasteiger partial charge in [-0.1, -0.05) is 0 Å². The number of carbonyl (C=O) groups excluding carboxylic acids is 2. The topological polar surface area (TPSA) is 55.9 Å². The first-order valence-corrected chi connectivity index (χ1v) is 8.56. The highest BCUT2D eigenvalue weighted by Gasteiger charge is 2.46. The summed E-state index contributed by atoms with van der Waals surface area (Å²) in [7, 11) is 2.14. The van der Waals surface area contributed by atoms with E-state index in [1.54, 1.807) is 0 Å². The standard InChI is InChI=1S/C16H28N4O2/c1-18-7-3-8-19(11-10-18)12-14(21)20-9-5-16(13-20)4-2-6-17-15(16)22/h2-13H2,1H3,(H,17,22)/t16-/m0/s1. The maximum Gasteiger partial charge on any atom is 0.236 e. The van der Waals surface area contributed by atoms with E-state index in [2.05, 4.69) is 22.2 Å². The highest BCUT2D eigenvalue weighted by Crippen LogP contribution is 2.37. The third-order valence-electron chi connectivity index (χ3n) is 5.48. The fourth-order valence-electron chi connectivity index (χ4n) is 3.95. The predicted molar refractivity (Wildman–Crippen MR) is 84.4 cm³/mol. The van der Waals surface area contributed by atoms with Crippen molar-refractivity contribution < 1.29 is 9.59 Å². The monoisotopic (exact) mass is 308 g/mol. The minimum absolute atomic E-state index is 0.158. The van der Waals surface area contributed by atoms with E-state index in [-0.39, 0.29) is 17.2 Å². The van der Waals surface area contributed by atoms with Gasteiger partial charge in [0.2, 0.25) is 11.8 Å². The molecule has 0 aromatic carbocycles. The maximum absolute atomic E-state index is 12.6. The van der Waals surface area contributed by atoms with Crippen molar-refractivity contribution in [3.63, 3.8) is 0 Å². The summed E-state index contributed by atoms with van der Waals surface area (Å²) in [5.74, 6) is 0.352. The zero-order chi connectivity index (χ0) is 15.6. The maximum atomic E-state index is 12.6. The number of carbonyl (C=O) groups is 2. The fraction of sp³-hybridized carbons (Fsp3) is 0.875. The molecule has 124 valence electrons. The van der Waals surface area contributed by atoms with Gasteiger partial charge >= 0.3 is 0 Å². The first-order chi connectivity index (χ1) is 10.6. The lowest BCUT2D eigenvalue weighted by molar-refractivity contribution is -0.135. The van der Waals surface area contributed by atoms with Gasteiger partial charge in [-0.2, -0.15) is 0 Å². The lowest BCUT2D eigenvalue weighted by atomic mass is 9.79. The van der Waals surface area contributed by atoms with Gasteiger partial charge in [-0.15, -0.1) is 0 Å². The molecule has 0 unspecified atom stereocenters. The Labute approximate surface area is 132 Å².